The number of nitrogens with zero attached hydrogens (tertiary/aromatic N) is 2. The lowest BCUT2D eigenvalue weighted by Gasteiger charge is -2.17. The fourth-order valence-electron chi connectivity index (χ4n) is 3.05. The van der Waals surface area contributed by atoms with Gasteiger partial charge in [0.25, 0.3) is 5.91 Å². The molecule has 0 aromatic heterocycles. The van der Waals surface area contributed by atoms with Crippen molar-refractivity contribution in [3.05, 3.63) is 87.3 Å². The lowest BCUT2D eigenvalue weighted by Crippen LogP contribution is -2.23. The summed E-state index contributed by atoms with van der Waals surface area (Å²) in [5.41, 5.74) is 3.24. The minimum atomic E-state index is -1.49. The van der Waals surface area contributed by atoms with Crippen molar-refractivity contribution >= 4 is 56.4 Å². The number of carbonyl (C=O) groups excluding carboxylic acids is 1. The van der Waals surface area contributed by atoms with Crippen LogP contribution in [0.25, 0.3) is 0 Å². The van der Waals surface area contributed by atoms with Gasteiger partial charge in [-0.2, -0.15) is 0 Å². The highest BCUT2D eigenvalue weighted by molar-refractivity contribution is 9.10. The Bertz CT molecular complexity index is 1070. The number of benzene rings is 2. The molecular weight excluding hydrogens is 532 g/mol. The molecule has 0 heterocycles. The molecule has 1 aliphatic rings. The van der Waals surface area contributed by atoms with E-state index in [0.717, 1.165) is 28.7 Å². The molecule has 0 bridgehead atoms. The first-order chi connectivity index (χ1) is 16.3. The first kappa shape index (κ1) is 28.0. The molecule has 2 aromatic carbocycles. The molecule has 34 heavy (non-hydrogen) atoms. The molecule has 3 N–H and O–H groups in total. The second kappa shape index (κ2) is 14.9. The summed E-state index contributed by atoms with van der Waals surface area (Å²) in [6.45, 7) is 2.16. The van der Waals surface area contributed by atoms with Crippen LogP contribution < -0.4 is 9.86 Å². The van der Waals surface area contributed by atoms with E-state index in [9.17, 15) is 9.00 Å². The average Bonchev–Trinajstić information content (AvgIpc) is 2.81. The predicted octanol–water partition coefficient (Wildman–Crippen LogP) is 6.06. The summed E-state index contributed by atoms with van der Waals surface area (Å²) >= 11 is 4.30. The zero-order valence-corrected chi connectivity index (χ0v) is 22.9. The molecule has 0 radical (unpaired) electrons. The van der Waals surface area contributed by atoms with E-state index >= 15 is 0 Å². The molecule has 1 unspecified atom stereocenters. The Balaban J connectivity index is 0.000000430. The third-order valence-electron chi connectivity index (χ3n) is 4.87. The van der Waals surface area contributed by atoms with Gasteiger partial charge in [-0.15, -0.1) is 0 Å². The lowest BCUT2D eigenvalue weighted by atomic mass is 10.1. The predicted molar refractivity (Wildman–Crippen MR) is 150 cm³/mol. The number of amides is 1. The molecule has 0 fully saturated rings. The number of aryl methyl sites for hydroxylation is 1. The second-order valence-electron chi connectivity index (χ2n) is 7.62. The van der Waals surface area contributed by atoms with Gasteiger partial charge in [-0.3, -0.25) is 9.93 Å². The number of anilines is 1. The maximum absolute atomic E-state index is 12.9. The summed E-state index contributed by atoms with van der Waals surface area (Å²) in [6, 6.07) is 15.7. The molecule has 2 aromatic rings. The Morgan fingerprint density at radius 3 is 2.56 bits per heavy atom. The number of nitrogens with one attached hydrogen (secondary N) is 1. The third-order valence-corrected chi connectivity index (χ3v) is 6.92. The van der Waals surface area contributed by atoms with Gasteiger partial charge < -0.3 is 9.62 Å². The van der Waals surface area contributed by atoms with Crippen molar-refractivity contribution in [2.75, 3.05) is 18.8 Å². The molecule has 6 nitrogen and oxygen atoms in total. The van der Waals surface area contributed by atoms with Gasteiger partial charge in [0.15, 0.2) is 0 Å². The van der Waals surface area contributed by atoms with Crippen molar-refractivity contribution in [3.63, 3.8) is 0 Å². The van der Waals surface area contributed by atoms with Gasteiger partial charge in [0, 0.05) is 42.0 Å². The van der Waals surface area contributed by atoms with Gasteiger partial charge >= 0.3 is 0 Å². The van der Waals surface area contributed by atoms with Gasteiger partial charge in [0.05, 0.1) is 23.4 Å². The van der Waals surface area contributed by atoms with Crippen LogP contribution in [0.2, 0.25) is 0 Å². The van der Waals surface area contributed by atoms with Crippen LogP contribution in [0.4, 0.5) is 5.69 Å². The minimum absolute atomic E-state index is 0.159. The Morgan fingerprint density at radius 2 is 1.94 bits per heavy atom. The molecule has 9 heteroatoms. The summed E-state index contributed by atoms with van der Waals surface area (Å²) in [7, 11) is 1.87. The van der Waals surface area contributed by atoms with Gasteiger partial charge in [-0.1, -0.05) is 71.4 Å². The van der Waals surface area contributed by atoms with Crippen LogP contribution >= 0.6 is 28.1 Å². The van der Waals surface area contributed by atoms with Gasteiger partial charge in [0.1, 0.15) is 11.0 Å². The Kier molecular flexibility index (Phi) is 12.3. The summed E-state index contributed by atoms with van der Waals surface area (Å²) < 4.78 is 20.9. The van der Waals surface area contributed by atoms with Crippen molar-refractivity contribution in [2.24, 2.45) is 9.54 Å². The third kappa shape index (κ3) is 9.21. The van der Waals surface area contributed by atoms with E-state index in [1.807, 2.05) is 24.3 Å². The van der Waals surface area contributed by atoms with Gasteiger partial charge in [-0.05, 0) is 36.6 Å². The van der Waals surface area contributed by atoms with Crippen molar-refractivity contribution in [1.82, 2.24) is 4.90 Å². The van der Waals surface area contributed by atoms with Crippen molar-refractivity contribution in [2.45, 2.75) is 32.6 Å². The smallest absolute Gasteiger partial charge is 0.255 e. The molecule has 0 spiro atoms. The van der Waals surface area contributed by atoms with E-state index in [1.54, 1.807) is 32.3 Å². The molecule has 1 amide bonds. The van der Waals surface area contributed by atoms with Crippen LogP contribution in [-0.4, -0.2) is 34.8 Å². The van der Waals surface area contributed by atoms with Crippen molar-refractivity contribution in [1.29, 1.82) is 0 Å². The molecule has 0 saturated carbocycles. The highest BCUT2D eigenvalue weighted by Crippen LogP contribution is 2.25. The van der Waals surface area contributed by atoms with Crippen LogP contribution in [0.5, 0.6) is 0 Å². The number of halogens is 1. The summed E-state index contributed by atoms with van der Waals surface area (Å²) in [5, 5.41) is 5.44. The average molecular weight is 564 g/mol. The standard InChI is InChI=1S/C17H21BrN4O2S2.C8H10/c1-22(2)17(23)15-9-8-12(18)10-16(15)21-26(24)14-7-5-3-4-6-13(11-14)20-25-19;1-2-8-6-4-3-5-7-8/h3-4,7-10,21H,5-6,11,19H2,1-2H3;3-7H,2H2,1H3/b4-3-,14-7?,20-13-;. The Morgan fingerprint density at radius 1 is 1.21 bits per heavy atom. The van der Waals surface area contributed by atoms with Crippen LogP contribution in [0.1, 0.15) is 42.1 Å². The van der Waals surface area contributed by atoms with E-state index in [0.29, 0.717) is 35.4 Å². The van der Waals surface area contributed by atoms with Gasteiger partial charge in [0.2, 0.25) is 0 Å². The number of hydrogen-bond acceptors (Lipinski definition) is 5. The van der Waals surface area contributed by atoms with Crippen molar-refractivity contribution in [3.8, 4) is 0 Å². The van der Waals surface area contributed by atoms with E-state index in [-0.39, 0.29) is 5.91 Å². The van der Waals surface area contributed by atoms with Gasteiger partial charge in [-0.25, -0.2) is 8.61 Å². The molecule has 0 saturated heterocycles. The van der Waals surface area contributed by atoms with E-state index in [1.165, 1.54) is 10.5 Å². The normalized spacial score (nSPS) is 16.3. The molecule has 1 aliphatic carbocycles. The lowest BCUT2D eigenvalue weighted by molar-refractivity contribution is 0.0828. The number of nitrogens with two attached hydrogens (primary N) is 1. The highest BCUT2D eigenvalue weighted by atomic mass is 79.9. The molecule has 1 atom stereocenters. The number of allylic oxidation sites excluding steroid dienone is 4. The molecular formula is C25H31BrN4O2S2. The van der Waals surface area contributed by atoms with E-state index in [4.69, 9.17) is 5.14 Å². The first-order valence-electron chi connectivity index (χ1n) is 10.8. The monoisotopic (exact) mass is 562 g/mol. The number of rotatable bonds is 6. The highest BCUT2D eigenvalue weighted by Gasteiger charge is 2.18. The topological polar surface area (TPSA) is 87.8 Å². The summed E-state index contributed by atoms with van der Waals surface area (Å²) in [6.07, 6.45) is 8.95. The van der Waals surface area contributed by atoms with E-state index < -0.39 is 11.0 Å². The number of hydrogen-bond donors (Lipinski definition) is 2. The molecule has 3 rings (SSSR count). The fraction of sp³-hybridized carbons (Fsp3) is 0.280. The molecule has 0 aliphatic heterocycles. The fourth-order valence-corrected chi connectivity index (χ4v) is 4.75. The largest absolute Gasteiger partial charge is 0.345 e. The van der Waals surface area contributed by atoms with Crippen molar-refractivity contribution < 1.29 is 9.00 Å². The van der Waals surface area contributed by atoms with Crippen LogP contribution in [0, 0.1) is 0 Å². The quantitative estimate of drug-likeness (QED) is 0.330. The zero-order valence-electron chi connectivity index (χ0n) is 19.7. The van der Waals surface area contributed by atoms with Crippen LogP contribution in [0.3, 0.4) is 0 Å². The van der Waals surface area contributed by atoms with Crippen LogP contribution in [-0.2, 0) is 17.4 Å². The SMILES string of the molecule is CCc1ccccc1.CN(C)C(=O)c1ccc(Br)cc1NS(=O)C1=CC/C=C\C/C(=N/SN)C1. The Labute approximate surface area is 217 Å². The summed E-state index contributed by atoms with van der Waals surface area (Å²) in [5.74, 6) is -0.159. The minimum Gasteiger partial charge on any atom is -0.345 e. The molecule has 182 valence electrons. The maximum atomic E-state index is 12.9. The van der Waals surface area contributed by atoms with Crippen LogP contribution in [0.15, 0.2) is 80.5 Å². The maximum Gasteiger partial charge on any atom is 0.255 e. The summed E-state index contributed by atoms with van der Waals surface area (Å²) in [4.78, 5) is 14.6. The first-order valence-corrected chi connectivity index (χ1v) is 13.6. The zero-order chi connectivity index (χ0) is 24.9. The number of carbonyl (C=O) groups is 1. The second-order valence-corrected chi connectivity index (χ2v) is 10.2. The van der Waals surface area contributed by atoms with E-state index in [2.05, 4.69) is 56.2 Å². The Hall–Kier alpha value is -2.20.